The second-order valence-electron chi connectivity index (χ2n) is 6.99. The third-order valence-electron chi connectivity index (χ3n) is 4.84. The first-order valence-corrected chi connectivity index (χ1v) is 9.67. The first kappa shape index (κ1) is 23.1. The minimum absolute atomic E-state index is 0.0332. The number of allylic oxidation sites excluding steroid dienone is 3. The fourth-order valence-electron chi connectivity index (χ4n) is 3.34. The van der Waals surface area contributed by atoms with E-state index in [1.54, 1.807) is 6.08 Å². The lowest BCUT2D eigenvalue weighted by Gasteiger charge is -2.28. The number of carbonyl (C=O) groups is 3. The Labute approximate surface area is 161 Å². The number of hydrogen-bond donors (Lipinski definition) is 1. The number of methoxy groups -OCH3 is 1. The summed E-state index contributed by atoms with van der Waals surface area (Å²) >= 11 is 0. The van der Waals surface area contributed by atoms with E-state index in [9.17, 15) is 19.5 Å². The van der Waals surface area contributed by atoms with Crippen LogP contribution in [0.15, 0.2) is 24.3 Å². The number of ether oxygens (including phenoxy) is 2. The third kappa shape index (κ3) is 8.08. The van der Waals surface area contributed by atoms with Crippen LogP contribution in [0.1, 0.15) is 65.2 Å². The van der Waals surface area contributed by atoms with Gasteiger partial charge in [-0.15, -0.1) is 0 Å². The molecule has 1 aliphatic carbocycles. The summed E-state index contributed by atoms with van der Waals surface area (Å²) in [5, 5.41) is 10.9. The number of rotatable bonds is 12. The Morgan fingerprint density at radius 2 is 2.04 bits per heavy atom. The van der Waals surface area contributed by atoms with Gasteiger partial charge >= 0.3 is 11.9 Å². The average molecular weight is 380 g/mol. The highest BCUT2D eigenvalue weighted by Gasteiger charge is 2.41. The number of ketones is 1. The monoisotopic (exact) mass is 380 g/mol. The SMILES string of the molecule is CC/C=C\C[C@H]1C(=O)C=C[C@@]1(O)CCCC[C@@H](CCC(=O)OC)OC(C)=O. The summed E-state index contributed by atoms with van der Waals surface area (Å²) in [6.45, 7) is 3.37. The van der Waals surface area contributed by atoms with Crippen LogP contribution in [0.25, 0.3) is 0 Å². The topological polar surface area (TPSA) is 89.9 Å². The molecule has 0 unspecified atom stereocenters. The zero-order chi connectivity index (χ0) is 20.3. The minimum atomic E-state index is -1.11. The molecule has 0 aliphatic heterocycles. The summed E-state index contributed by atoms with van der Waals surface area (Å²) in [6, 6.07) is 0. The summed E-state index contributed by atoms with van der Waals surface area (Å²) in [5.41, 5.74) is -1.11. The van der Waals surface area contributed by atoms with Crippen LogP contribution in [0.5, 0.6) is 0 Å². The maximum atomic E-state index is 12.0. The largest absolute Gasteiger partial charge is 0.469 e. The van der Waals surface area contributed by atoms with E-state index in [0.29, 0.717) is 32.1 Å². The lowest BCUT2D eigenvalue weighted by molar-refractivity contribution is -0.149. The van der Waals surface area contributed by atoms with Crippen LogP contribution in [0.4, 0.5) is 0 Å². The normalized spacial score (nSPS) is 23.0. The predicted octanol–water partition coefficient (Wildman–Crippen LogP) is 3.27. The first-order chi connectivity index (χ1) is 12.8. The number of aliphatic hydroxyl groups is 1. The van der Waals surface area contributed by atoms with Gasteiger partial charge in [0.05, 0.1) is 18.6 Å². The molecule has 152 valence electrons. The van der Waals surface area contributed by atoms with Crippen molar-refractivity contribution in [2.45, 2.75) is 76.9 Å². The molecule has 0 fully saturated rings. The van der Waals surface area contributed by atoms with Crippen molar-refractivity contribution in [1.82, 2.24) is 0 Å². The molecule has 0 aromatic heterocycles. The Bertz CT molecular complexity index is 565. The van der Waals surface area contributed by atoms with Crippen molar-refractivity contribution in [1.29, 1.82) is 0 Å². The van der Waals surface area contributed by atoms with E-state index in [2.05, 4.69) is 4.74 Å². The van der Waals surface area contributed by atoms with Gasteiger partial charge in [-0.1, -0.05) is 25.5 Å². The highest BCUT2D eigenvalue weighted by atomic mass is 16.5. The van der Waals surface area contributed by atoms with Gasteiger partial charge in [0.1, 0.15) is 6.10 Å². The Kier molecular flexibility index (Phi) is 10.0. The van der Waals surface area contributed by atoms with Crippen LogP contribution in [-0.2, 0) is 23.9 Å². The van der Waals surface area contributed by atoms with E-state index in [-0.39, 0.29) is 30.2 Å². The van der Waals surface area contributed by atoms with Gasteiger partial charge in [-0.05, 0) is 50.7 Å². The van der Waals surface area contributed by atoms with Gasteiger partial charge in [0.15, 0.2) is 5.78 Å². The van der Waals surface area contributed by atoms with Crippen molar-refractivity contribution in [2.24, 2.45) is 5.92 Å². The molecule has 6 nitrogen and oxygen atoms in total. The molecule has 0 saturated carbocycles. The zero-order valence-electron chi connectivity index (χ0n) is 16.6. The molecule has 1 aliphatic rings. The second-order valence-corrected chi connectivity index (χ2v) is 6.99. The van der Waals surface area contributed by atoms with Gasteiger partial charge in [-0.25, -0.2) is 0 Å². The molecule has 1 rings (SSSR count). The molecule has 1 N–H and O–H groups in total. The average Bonchev–Trinajstić information content (AvgIpc) is 2.91. The maximum absolute atomic E-state index is 12.0. The number of esters is 2. The van der Waals surface area contributed by atoms with Crippen LogP contribution in [0.3, 0.4) is 0 Å². The van der Waals surface area contributed by atoms with Crippen molar-refractivity contribution < 1.29 is 29.0 Å². The van der Waals surface area contributed by atoms with Crippen molar-refractivity contribution in [3.8, 4) is 0 Å². The van der Waals surface area contributed by atoms with Crippen molar-refractivity contribution in [3.63, 3.8) is 0 Å². The van der Waals surface area contributed by atoms with Gasteiger partial charge in [0, 0.05) is 13.3 Å². The van der Waals surface area contributed by atoms with Crippen LogP contribution in [0, 0.1) is 5.92 Å². The first-order valence-electron chi connectivity index (χ1n) is 9.67. The molecular formula is C21H32O6. The Morgan fingerprint density at radius 3 is 2.67 bits per heavy atom. The molecule has 0 amide bonds. The van der Waals surface area contributed by atoms with Gasteiger partial charge in [0.25, 0.3) is 0 Å². The van der Waals surface area contributed by atoms with Crippen LogP contribution in [-0.4, -0.2) is 41.6 Å². The highest BCUT2D eigenvalue weighted by molar-refractivity contribution is 5.96. The molecule has 0 bridgehead atoms. The molecule has 6 heteroatoms. The summed E-state index contributed by atoms with van der Waals surface area (Å²) in [5.74, 6) is -1.17. The Balaban J connectivity index is 2.49. The van der Waals surface area contributed by atoms with Crippen LogP contribution in [0.2, 0.25) is 0 Å². The minimum Gasteiger partial charge on any atom is -0.469 e. The number of carbonyl (C=O) groups excluding carboxylic acids is 3. The van der Waals surface area contributed by atoms with E-state index in [1.165, 1.54) is 20.1 Å². The number of hydrogen-bond acceptors (Lipinski definition) is 6. The molecule has 0 aromatic carbocycles. The second kappa shape index (κ2) is 11.7. The summed E-state index contributed by atoms with van der Waals surface area (Å²) < 4.78 is 9.88. The van der Waals surface area contributed by atoms with Crippen molar-refractivity contribution in [2.75, 3.05) is 7.11 Å². The quantitative estimate of drug-likeness (QED) is 0.317. The highest BCUT2D eigenvalue weighted by Crippen LogP contribution is 2.34. The molecule has 3 atom stereocenters. The van der Waals surface area contributed by atoms with Gasteiger partial charge in [-0.3, -0.25) is 14.4 Å². The summed E-state index contributed by atoms with van der Waals surface area (Å²) in [7, 11) is 1.33. The maximum Gasteiger partial charge on any atom is 0.305 e. The van der Waals surface area contributed by atoms with Gasteiger partial charge < -0.3 is 14.6 Å². The number of unbranched alkanes of at least 4 members (excludes halogenated alkanes) is 1. The van der Waals surface area contributed by atoms with E-state index in [4.69, 9.17) is 4.74 Å². The molecule has 0 saturated heterocycles. The van der Waals surface area contributed by atoms with E-state index in [0.717, 1.165) is 12.8 Å². The molecule has 27 heavy (non-hydrogen) atoms. The third-order valence-corrected chi connectivity index (χ3v) is 4.84. The fourth-order valence-corrected chi connectivity index (χ4v) is 3.34. The van der Waals surface area contributed by atoms with Crippen molar-refractivity contribution in [3.05, 3.63) is 24.3 Å². The van der Waals surface area contributed by atoms with Gasteiger partial charge in [0.2, 0.25) is 0 Å². The zero-order valence-corrected chi connectivity index (χ0v) is 16.6. The van der Waals surface area contributed by atoms with Crippen LogP contribution >= 0.6 is 0 Å². The summed E-state index contributed by atoms with van der Waals surface area (Å²) in [6.07, 6.45) is 11.2. The van der Waals surface area contributed by atoms with Gasteiger partial charge in [-0.2, -0.15) is 0 Å². The van der Waals surface area contributed by atoms with E-state index in [1.807, 2.05) is 19.1 Å². The lowest BCUT2D eigenvalue weighted by atomic mass is 9.83. The smallest absolute Gasteiger partial charge is 0.305 e. The molecule has 0 radical (unpaired) electrons. The Hall–Kier alpha value is -1.95. The van der Waals surface area contributed by atoms with Crippen molar-refractivity contribution >= 4 is 17.7 Å². The standard InChI is InChI=1S/C21H32O6/c1-4-5-6-10-18-19(23)13-15-21(18,25)14-8-7-9-17(27-16(2)22)11-12-20(24)26-3/h5-6,13,15,17-18,25H,4,7-12,14H2,1-3H3/b6-5-/t17-,18-,21-/m0/s1. The Morgan fingerprint density at radius 1 is 1.30 bits per heavy atom. The summed E-state index contributed by atoms with van der Waals surface area (Å²) in [4.78, 5) is 34.6. The lowest BCUT2D eigenvalue weighted by Crippen LogP contribution is -2.35. The van der Waals surface area contributed by atoms with E-state index >= 15 is 0 Å². The molecule has 0 heterocycles. The predicted molar refractivity (Wildman–Crippen MR) is 102 cm³/mol. The molecule has 0 aromatic rings. The fraction of sp³-hybridized carbons (Fsp3) is 0.667. The van der Waals surface area contributed by atoms with Crippen LogP contribution < -0.4 is 0 Å². The molecule has 0 spiro atoms. The van der Waals surface area contributed by atoms with E-state index < -0.39 is 11.5 Å². The molecular weight excluding hydrogens is 348 g/mol.